The van der Waals surface area contributed by atoms with Crippen LogP contribution in [-0.2, 0) is 0 Å². The summed E-state index contributed by atoms with van der Waals surface area (Å²) in [6.07, 6.45) is 0. The molecule has 0 radical (unpaired) electrons. The van der Waals surface area contributed by atoms with Gasteiger partial charge in [-0.15, -0.1) is 0 Å². The van der Waals surface area contributed by atoms with Gasteiger partial charge in [-0.3, -0.25) is 4.79 Å². The molecule has 3 aromatic carbocycles. The molecule has 0 bridgehead atoms. The van der Waals surface area contributed by atoms with Crippen LogP contribution in [0.1, 0.15) is 10.4 Å². The Balaban J connectivity index is 2.00. The van der Waals surface area contributed by atoms with Gasteiger partial charge in [-0.05, 0) is 22.9 Å². The third-order valence-corrected chi connectivity index (χ3v) is 3.66. The SMILES string of the molecule is COc1c(F)c(F)c(C(=O)Nc2ccc3ccccc3c2)c(F)c1F. The second-order valence-corrected chi connectivity index (χ2v) is 5.18. The summed E-state index contributed by atoms with van der Waals surface area (Å²) in [7, 11) is 0.856. The van der Waals surface area contributed by atoms with Gasteiger partial charge < -0.3 is 10.1 Å². The molecule has 0 aliphatic carbocycles. The number of fused-ring (bicyclic) bond motifs is 1. The molecule has 3 aromatic rings. The quantitative estimate of drug-likeness (QED) is 0.552. The van der Waals surface area contributed by atoms with E-state index in [9.17, 15) is 22.4 Å². The molecular weight excluding hydrogens is 338 g/mol. The van der Waals surface area contributed by atoms with Crippen molar-refractivity contribution in [2.24, 2.45) is 0 Å². The number of methoxy groups -OCH3 is 1. The van der Waals surface area contributed by atoms with Gasteiger partial charge in [-0.2, -0.15) is 8.78 Å². The lowest BCUT2D eigenvalue weighted by Crippen LogP contribution is -2.18. The topological polar surface area (TPSA) is 38.3 Å². The average molecular weight is 349 g/mol. The summed E-state index contributed by atoms with van der Waals surface area (Å²) in [6.45, 7) is 0. The second kappa shape index (κ2) is 6.43. The highest BCUT2D eigenvalue weighted by Crippen LogP contribution is 2.30. The molecule has 3 rings (SSSR count). The van der Waals surface area contributed by atoms with Crippen LogP contribution in [0.25, 0.3) is 10.8 Å². The molecule has 0 fully saturated rings. The minimum absolute atomic E-state index is 0.221. The normalized spacial score (nSPS) is 10.8. The van der Waals surface area contributed by atoms with Crippen molar-refractivity contribution in [2.75, 3.05) is 12.4 Å². The van der Waals surface area contributed by atoms with Crippen LogP contribution in [0.5, 0.6) is 5.75 Å². The zero-order chi connectivity index (χ0) is 18.1. The van der Waals surface area contributed by atoms with Crippen molar-refractivity contribution in [1.29, 1.82) is 0 Å². The van der Waals surface area contributed by atoms with Gasteiger partial charge in [0.05, 0.1) is 7.11 Å². The second-order valence-electron chi connectivity index (χ2n) is 5.18. The van der Waals surface area contributed by atoms with Gasteiger partial charge in [-0.25, -0.2) is 8.78 Å². The number of benzene rings is 3. The number of amides is 1. The van der Waals surface area contributed by atoms with Gasteiger partial charge in [0.15, 0.2) is 17.4 Å². The molecule has 0 heterocycles. The number of carbonyl (C=O) groups excluding carboxylic acids is 1. The van der Waals surface area contributed by atoms with Gasteiger partial charge in [0, 0.05) is 5.69 Å². The van der Waals surface area contributed by atoms with Gasteiger partial charge in [0.25, 0.3) is 5.91 Å². The standard InChI is InChI=1S/C18H11F4NO2/c1-25-17-15(21)13(19)12(14(20)16(17)22)18(24)23-11-7-6-9-4-2-3-5-10(9)8-11/h2-8H,1H3,(H,23,24). The highest BCUT2D eigenvalue weighted by Gasteiger charge is 2.30. The molecule has 0 saturated carbocycles. The molecule has 3 nitrogen and oxygen atoms in total. The lowest BCUT2D eigenvalue weighted by Gasteiger charge is -2.11. The minimum Gasteiger partial charge on any atom is -0.491 e. The van der Waals surface area contributed by atoms with E-state index in [1.807, 2.05) is 12.1 Å². The van der Waals surface area contributed by atoms with Crippen LogP contribution in [-0.4, -0.2) is 13.0 Å². The summed E-state index contributed by atoms with van der Waals surface area (Å²) < 4.78 is 59.7. The van der Waals surface area contributed by atoms with Crippen LogP contribution in [0.3, 0.4) is 0 Å². The van der Waals surface area contributed by atoms with Crippen molar-refractivity contribution in [1.82, 2.24) is 0 Å². The van der Waals surface area contributed by atoms with Crippen molar-refractivity contribution in [3.63, 3.8) is 0 Å². The van der Waals surface area contributed by atoms with Gasteiger partial charge in [0.2, 0.25) is 11.6 Å². The van der Waals surface area contributed by atoms with Crippen molar-refractivity contribution in [2.45, 2.75) is 0 Å². The van der Waals surface area contributed by atoms with Gasteiger partial charge in [0.1, 0.15) is 5.56 Å². The van der Waals surface area contributed by atoms with E-state index in [1.165, 1.54) is 6.07 Å². The third kappa shape index (κ3) is 2.88. The Morgan fingerprint density at radius 3 is 2.08 bits per heavy atom. The molecule has 128 valence electrons. The number of halogens is 4. The van der Waals surface area contributed by atoms with E-state index >= 15 is 0 Å². The summed E-state index contributed by atoms with van der Waals surface area (Å²) in [5.41, 5.74) is -1.14. The zero-order valence-electron chi connectivity index (χ0n) is 12.9. The van der Waals surface area contributed by atoms with Crippen molar-refractivity contribution >= 4 is 22.4 Å². The fraction of sp³-hybridized carbons (Fsp3) is 0.0556. The van der Waals surface area contributed by atoms with E-state index in [2.05, 4.69) is 10.1 Å². The Hall–Kier alpha value is -3.09. The first-order valence-electron chi connectivity index (χ1n) is 7.14. The molecule has 0 unspecified atom stereocenters. The molecule has 25 heavy (non-hydrogen) atoms. The van der Waals surface area contributed by atoms with E-state index in [1.54, 1.807) is 24.3 Å². The lowest BCUT2D eigenvalue weighted by molar-refractivity contribution is 0.101. The highest BCUT2D eigenvalue weighted by atomic mass is 19.2. The van der Waals surface area contributed by atoms with E-state index in [0.29, 0.717) is 0 Å². The van der Waals surface area contributed by atoms with Crippen LogP contribution in [0.15, 0.2) is 42.5 Å². The first-order valence-corrected chi connectivity index (χ1v) is 7.14. The highest BCUT2D eigenvalue weighted by molar-refractivity contribution is 6.05. The molecule has 0 spiro atoms. The Morgan fingerprint density at radius 2 is 1.48 bits per heavy atom. The van der Waals surface area contributed by atoms with E-state index in [-0.39, 0.29) is 5.69 Å². The lowest BCUT2D eigenvalue weighted by atomic mass is 10.1. The van der Waals surface area contributed by atoms with Crippen molar-refractivity contribution in [3.8, 4) is 5.75 Å². The predicted molar refractivity (Wildman–Crippen MR) is 84.7 cm³/mol. The number of anilines is 1. The maximum Gasteiger partial charge on any atom is 0.261 e. The predicted octanol–water partition coefficient (Wildman–Crippen LogP) is 4.66. The molecule has 1 amide bonds. The van der Waals surface area contributed by atoms with E-state index < -0.39 is 40.5 Å². The first kappa shape index (κ1) is 16.8. The average Bonchev–Trinajstić information content (AvgIpc) is 2.60. The van der Waals surface area contributed by atoms with Crippen LogP contribution in [0, 0.1) is 23.3 Å². The van der Waals surface area contributed by atoms with Crippen LogP contribution in [0.4, 0.5) is 23.2 Å². The van der Waals surface area contributed by atoms with Gasteiger partial charge in [-0.1, -0.05) is 30.3 Å². The summed E-state index contributed by atoms with van der Waals surface area (Å²) in [4.78, 5) is 12.1. The number of carbonyl (C=O) groups is 1. The molecule has 7 heteroatoms. The van der Waals surface area contributed by atoms with Crippen LogP contribution < -0.4 is 10.1 Å². The Kier molecular flexibility index (Phi) is 4.31. The molecule has 0 aliphatic rings. The molecular formula is C18H11F4NO2. The zero-order valence-corrected chi connectivity index (χ0v) is 12.9. The number of rotatable bonds is 3. The minimum atomic E-state index is -1.82. The Labute approximate surface area is 139 Å². The van der Waals surface area contributed by atoms with E-state index in [4.69, 9.17) is 0 Å². The molecule has 0 aromatic heterocycles. The number of hydrogen-bond donors (Lipinski definition) is 1. The van der Waals surface area contributed by atoms with Crippen molar-refractivity contribution < 1.29 is 27.1 Å². The van der Waals surface area contributed by atoms with Gasteiger partial charge >= 0.3 is 0 Å². The number of nitrogens with one attached hydrogen (secondary N) is 1. The summed E-state index contributed by atoms with van der Waals surface area (Å²) in [5.74, 6) is -9.74. The fourth-order valence-corrected chi connectivity index (χ4v) is 2.45. The number of ether oxygens (including phenoxy) is 1. The fourth-order valence-electron chi connectivity index (χ4n) is 2.45. The monoisotopic (exact) mass is 349 g/mol. The summed E-state index contributed by atoms with van der Waals surface area (Å²) >= 11 is 0. The molecule has 0 atom stereocenters. The summed E-state index contributed by atoms with van der Waals surface area (Å²) in [6, 6.07) is 12.0. The maximum atomic E-state index is 14.0. The van der Waals surface area contributed by atoms with Crippen LogP contribution in [0.2, 0.25) is 0 Å². The number of hydrogen-bond acceptors (Lipinski definition) is 2. The first-order chi connectivity index (χ1) is 11.9. The maximum absolute atomic E-state index is 14.0. The third-order valence-electron chi connectivity index (χ3n) is 3.66. The Bertz CT molecular complexity index is 959. The van der Waals surface area contributed by atoms with Crippen molar-refractivity contribution in [3.05, 3.63) is 71.3 Å². The molecule has 1 N–H and O–H groups in total. The largest absolute Gasteiger partial charge is 0.491 e. The molecule has 0 aliphatic heterocycles. The smallest absolute Gasteiger partial charge is 0.261 e. The Morgan fingerprint density at radius 1 is 0.880 bits per heavy atom. The van der Waals surface area contributed by atoms with Crippen LogP contribution >= 0.6 is 0 Å². The molecule has 0 saturated heterocycles. The van der Waals surface area contributed by atoms with E-state index in [0.717, 1.165) is 17.9 Å². The summed E-state index contributed by atoms with van der Waals surface area (Å²) in [5, 5.41) is 3.89.